The number of morpholine rings is 1. The number of carboxylic acid groups (broad SMARTS) is 1. The highest BCUT2D eigenvalue weighted by Crippen LogP contribution is 2.20. The normalized spacial score (nSPS) is 21.2. The molecule has 0 aliphatic carbocycles. The van der Waals surface area contributed by atoms with E-state index in [4.69, 9.17) is 10.5 Å². The van der Waals surface area contributed by atoms with Gasteiger partial charge < -0.3 is 15.6 Å². The highest BCUT2D eigenvalue weighted by molar-refractivity contribution is 5.91. The molecule has 132 valence electrons. The lowest BCUT2D eigenvalue weighted by Crippen LogP contribution is -2.56. The summed E-state index contributed by atoms with van der Waals surface area (Å²) < 4.78 is 7.06. The Labute approximate surface area is 144 Å². The van der Waals surface area contributed by atoms with Gasteiger partial charge in [0.15, 0.2) is 5.60 Å². The number of nitrogens with two attached hydrogens (primary N) is 1. The molecule has 1 atom stereocenters. The summed E-state index contributed by atoms with van der Waals surface area (Å²) >= 11 is 0. The first-order chi connectivity index (χ1) is 11.9. The van der Waals surface area contributed by atoms with Crippen molar-refractivity contribution in [1.29, 1.82) is 0 Å². The Kier molecular flexibility index (Phi) is 4.56. The van der Waals surface area contributed by atoms with E-state index >= 15 is 0 Å². The van der Waals surface area contributed by atoms with Gasteiger partial charge in [0, 0.05) is 31.4 Å². The van der Waals surface area contributed by atoms with Gasteiger partial charge in [-0.05, 0) is 19.1 Å². The van der Waals surface area contributed by atoms with E-state index in [0.717, 1.165) is 5.56 Å². The molecule has 0 radical (unpaired) electrons. The number of carbonyl (C=O) groups is 2. The van der Waals surface area contributed by atoms with Gasteiger partial charge in [0.25, 0.3) is 5.91 Å². The predicted octanol–water partition coefficient (Wildman–Crippen LogP) is 0.647. The highest BCUT2D eigenvalue weighted by Gasteiger charge is 2.37. The van der Waals surface area contributed by atoms with E-state index in [1.165, 1.54) is 0 Å². The van der Waals surface area contributed by atoms with Gasteiger partial charge in [-0.15, -0.1) is 0 Å². The van der Waals surface area contributed by atoms with Crippen molar-refractivity contribution in [2.45, 2.75) is 19.1 Å². The van der Waals surface area contributed by atoms with Gasteiger partial charge >= 0.3 is 5.97 Å². The molecule has 0 saturated carbocycles. The minimum Gasteiger partial charge on any atom is -0.478 e. The summed E-state index contributed by atoms with van der Waals surface area (Å²) in [7, 11) is 0. The van der Waals surface area contributed by atoms with Crippen LogP contribution in [0.5, 0.6) is 0 Å². The number of hydrogen-bond acceptors (Lipinski definition) is 5. The van der Waals surface area contributed by atoms with Crippen LogP contribution in [0.1, 0.15) is 22.8 Å². The van der Waals surface area contributed by atoms with Gasteiger partial charge in [-0.25, -0.2) is 9.48 Å². The minimum atomic E-state index is -1.00. The molecule has 25 heavy (non-hydrogen) atoms. The first-order valence-corrected chi connectivity index (χ1v) is 7.91. The van der Waals surface area contributed by atoms with Crippen LogP contribution in [0.15, 0.2) is 36.7 Å². The maximum atomic E-state index is 11.6. The van der Waals surface area contributed by atoms with Crippen molar-refractivity contribution < 1.29 is 19.4 Å². The number of benzene rings is 1. The average Bonchev–Trinajstić information content (AvgIpc) is 3.03. The molecule has 8 heteroatoms. The van der Waals surface area contributed by atoms with E-state index in [0.29, 0.717) is 31.9 Å². The van der Waals surface area contributed by atoms with Crippen LogP contribution in [0.3, 0.4) is 0 Å². The Balaban J connectivity index is 1.77. The number of rotatable bonds is 5. The summed E-state index contributed by atoms with van der Waals surface area (Å²) in [5.74, 6) is -1.48. The number of ether oxygens (including phenoxy) is 1. The zero-order valence-corrected chi connectivity index (χ0v) is 13.9. The van der Waals surface area contributed by atoms with Gasteiger partial charge in [0.05, 0.1) is 24.1 Å². The molecule has 2 aromatic rings. The van der Waals surface area contributed by atoms with Gasteiger partial charge in [-0.2, -0.15) is 5.10 Å². The Bertz CT molecular complexity index is 803. The third-order valence-corrected chi connectivity index (χ3v) is 4.30. The monoisotopic (exact) mass is 344 g/mol. The summed E-state index contributed by atoms with van der Waals surface area (Å²) in [6, 6.07) is 6.69. The maximum absolute atomic E-state index is 11.6. The Morgan fingerprint density at radius 3 is 2.88 bits per heavy atom. The molecule has 1 amide bonds. The van der Waals surface area contributed by atoms with Crippen LogP contribution in [0.4, 0.5) is 0 Å². The number of primary amides is 1. The maximum Gasteiger partial charge on any atom is 0.337 e. The largest absolute Gasteiger partial charge is 0.478 e. The lowest BCUT2D eigenvalue weighted by molar-refractivity contribution is -0.153. The number of amides is 1. The molecular weight excluding hydrogens is 324 g/mol. The van der Waals surface area contributed by atoms with Gasteiger partial charge in [-0.1, -0.05) is 12.1 Å². The van der Waals surface area contributed by atoms with E-state index in [-0.39, 0.29) is 5.56 Å². The number of para-hydroxylation sites is 1. The quantitative estimate of drug-likeness (QED) is 0.824. The molecule has 1 aromatic heterocycles. The Morgan fingerprint density at radius 2 is 2.16 bits per heavy atom. The number of nitrogens with zero attached hydrogens (tertiary/aromatic N) is 3. The van der Waals surface area contributed by atoms with Crippen LogP contribution in [0.2, 0.25) is 0 Å². The summed E-state index contributed by atoms with van der Waals surface area (Å²) in [4.78, 5) is 25.0. The van der Waals surface area contributed by atoms with E-state index < -0.39 is 17.5 Å². The van der Waals surface area contributed by atoms with Crippen LogP contribution in [-0.4, -0.2) is 57.0 Å². The Morgan fingerprint density at radius 1 is 1.40 bits per heavy atom. The van der Waals surface area contributed by atoms with E-state index in [1.807, 2.05) is 0 Å². The summed E-state index contributed by atoms with van der Waals surface area (Å²) in [6.07, 6.45) is 3.48. The van der Waals surface area contributed by atoms with Crippen LogP contribution in [0, 0.1) is 0 Å². The zero-order valence-electron chi connectivity index (χ0n) is 13.9. The molecule has 0 bridgehead atoms. The topological polar surface area (TPSA) is 111 Å². The van der Waals surface area contributed by atoms with Crippen LogP contribution in [-0.2, 0) is 16.1 Å². The first-order valence-electron chi connectivity index (χ1n) is 7.91. The second-order valence-corrected chi connectivity index (χ2v) is 6.27. The number of carbonyl (C=O) groups excluding carboxylic acids is 1. The molecule has 2 heterocycles. The summed E-state index contributed by atoms with van der Waals surface area (Å²) in [5.41, 5.74) is 6.02. The summed E-state index contributed by atoms with van der Waals surface area (Å²) in [6.45, 7) is 3.77. The zero-order chi connectivity index (χ0) is 18.0. The summed E-state index contributed by atoms with van der Waals surface area (Å²) in [5, 5.41) is 13.6. The molecule has 3 N–H and O–H groups in total. The highest BCUT2D eigenvalue weighted by atomic mass is 16.5. The fraction of sp³-hybridized carbons (Fsp3) is 0.353. The predicted molar refractivity (Wildman–Crippen MR) is 89.4 cm³/mol. The van der Waals surface area contributed by atoms with Crippen LogP contribution < -0.4 is 5.73 Å². The molecule has 1 aromatic carbocycles. The number of aromatic carboxylic acids is 1. The third-order valence-electron chi connectivity index (χ3n) is 4.30. The van der Waals surface area contributed by atoms with Crippen molar-refractivity contribution in [3.8, 4) is 5.69 Å². The first kappa shape index (κ1) is 17.1. The van der Waals surface area contributed by atoms with E-state index in [2.05, 4.69) is 10.00 Å². The molecule has 1 saturated heterocycles. The molecule has 1 aliphatic heterocycles. The molecule has 0 spiro atoms. The number of hydrogen-bond donors (Lipinski definition) is 2. The lowest BCUT2D eigenvalue weighted by Gasteiger charge is -2.38. The molecule has 1 unspecified atom stereocenters. The smallest absolute Gasteiger partial charge is 0.337 e. The van der Waals surface area contributed by atoms with E-state index in [9.17, 15) is 14.7 Å². The van der Waals surface area contributed by atoms with Crippen molar-refractivity contribution >= 4 is 11.9 Å². The van der Waals surface area contributed by atoms with Crippen molar-refractivity contribution in [3.05, 3.63) is 47.8 Å². The second kappa shape index (κ2) is 6.66. The van der Waals surface area contributed by atoms with Crippen molar-refractivity contribution in [1.82, 2.24) is 14.7 Å². The molecule has 1 aliphatic rings. The van der Waals surface area contributed by atoms with Gasteiger partial charge in [0.2, 0.25) is 0 Å². The molecule has 1 fully saturated rings. The van der Waals surface area contributed by atoms with Crippen molar-refractivity contribution in [2.24, 2.45) is 5.73 Å². The molecular formula is C17H20N4O4. The Hall–Kier alpha value is -2.71. The van der Waals surface area contributed by atoms with E-state index in [1.54, 1.807) is 48.3 Å². The van der Waals surface area contributed by atoms with Gasteiger partial charge in [0.1, 0.15) is 0 Å². The third kappa shape index (κ3) is 3.54. The molecule has 3 rings (SSSR count). The minimum absolute atomic E-state index is 0.185. The van der Waals surface area contributed by atoms with Crippen LogP contribution >= 0.6 is 0 Å². The van der Waals surface area contributed by atoms with Crippen molar-refractivity contribution in [3.63, 3.8) is 0 Å². The fourth-order valence-corrected chi connectivity index (χ4v) is 2.92. The number of aromatic nitrogens is 2. The average molecular weight is 344 g/mol. The van der Waals surface area contributed by atoms with Gasteiger partial charge in [-0.3, -0.25) is 9.69 Å². The molecule has 8 nitrogen and oxygen atoms in total. The number of carboxylic acids is 1. The standard InChI is InChI=1S/C17H20N4O4/c1-17(16(18)24)11-20(6-7-25-17)9-12-8-19-21(10-12)14-5-3-2-4-13(14)15(22)23/h2-5,8,10H,6-7,9,11H2,1H3,(H2,18,24)(H,22,23). The SMILES string of the molecule is CC1(C(N)=O)CN(Cc2cnn(-c3ccccc3C(=O)O)c2)CCO1. The fourth-order valence-electron chi connectivity index (χ4n) is 2.92. The lowest BCUT2D eigenvalue weighted by atomic mass is 10.0. The van der Waals surface area contributed by atoms with Crippen molar-refractivity contribution in [2.75, 3.05) is 19.7 Å². The second-order valence-electron chi connectivity index (χ2n) is 6.27. The van der Waals surface area contributed by atoms with Crippen LogP contribution in [0.25, 0.3) is 5.69 Å².